The first-order chi connectivity index (χ1) is 9.48. The number of hydrogen-bond donors (Lipinski definition) is 2. The second-order valence-corrected chi connectivity index (χ2v) is 6.44. The molecule has 20 heavy (non-hydrogen) atoms. The normalized spacial score (nSPS) is 10.8. The molecule has 1 aromatic rings. The predicted octanol–water partition coefficient (Wildman–Crippen LogP) is 2.27. The Morgan fingerprint density at radius 2 is 2.10 bits per heavy atom. The maximum absolute atomic E-state index is 12.0. The fourth-order valence-corrected chi connectivity index (χ4v) is 2.89. The Hall–Kier alpha value is -1.51. The molecule has 0 heterocycles. The molecule has 5 heteroatoms. The molecule has 2 N–H and O–H groups in total. The van der Waals surface area contributed by atoms with Crippen LogP contribution >= 0.6 is 0 Å². The minimum Gasteiger partial charge on any atom is -0.395 e. The van der Waals surface area contributed by atoms with Gasteiger partial charge >= 0.3 is 0 Å². The summed E-state index contributed by atoms with van der Waals surface area (Å²) in [7, 11) is -3.33. The predicted molar refractivity (Wildman–Crippen MR) is 82.1 cm³/mol. The highest BCUT2D eigenvalue weighted by Crippen LogP contribution is 2.18. The number of aryl methyl sites for hydroxylation is 1. The Balaban J connectivity index is 2.99. The van der Waals surface area contributed by atoms with Gasteiger partial charge in [-0.2, -0.15) is 0 Å². The zero-order valence-corrected chi connectivity index (χ0v) is 12.8. The first kappa shape index (κ1) is 16.5. The Bertz CT molecular complexity index is 597. The monoisotopic (exact) mass is 295 g/mol. The van der Waals surface area contributed by atoms with Crippen LogP contribution in [-0.4, -0.2) is 25.9 Å². The third kappa shape index (κ3) is 5.64. The third-order valence-electron chi connectivity index (χ3n) is 2.67. The van der Waals surface area contributed by atoms with E-state index < -0.39 is 10.0 Å². The van der Waals surface area contributed by atoms with E-state index in [2.05, 4.69) is 16.6 Å². The van der Waals surface area contributed by atoms with Crippen molar-refractivity contribution in [3.63, 3.8) is 0 Å². The van der Waals surface area contributed by atoms with Crippen molar-refractivity contribution in [1.82, 2.24) is 0 Å². The fraction of sp³-hybridized carbons (Fsp3) is 0.467. The second kappa shape index (κ2) is 7.93. The fourth-order valence-electron chi connectivity index (χ4n) is 1.62. The number of rotatable bonds is 6. The number of unbranched alkanes of at least 4 members (excludes halogenated alkanes) is 1. The third-order valence-corrected chi connectivity index (χ3v) is 4.02. The Morgan fingerprint density at radius 1 is 1.35 bits per heavy atom. The van der Waals surface area contributed by atoms with Gasteiger partial charge in [0.2, 0.25) is 10.0 Å². The first-order valence-corrected chi connectivity index (χ1v) is 8.34. The van der Waals surface area contributed by atoms with Crippen LogP contribution in [0.5, 0.6) is 0 Å². The minimum atomic E-state index is -3.33. The van der Waals surface area contributed by atoms with Crippen molar-refractivity contribution in [3.8, 4) is 11.8 Å². The molecule has 0 saturated carbocycles. The number of anilines is 1. The molecule has 0 spiro atoms. The van der Waals surface area contributed by atoms with E-state index in [1.807, 2.05) is 19.9 Å². The Labute approximate surface area is 121 Å². The van der Waals surface area contributed by atoms with Crippen molar-refractivity contribution in [2.45, 2.75) is 33.1 Å². The lowest BCUT2D eigenvalue weighted by Gasteiger charge is -2.10. The van der Waals surface area contributed by atoms with Gasteiger partial charge in [-0.1, -0.05) is 31.3 Å². The van der Waals surface area contributed by atoms with Gasteiger partial charge in [0.25, 0.3) is 0 Å². The van der Waals surface area contributed by atoms with Gasteiger partial charge in [0, 0.05) is 12.0 Å². The van der Waals surface area contributed by atoms with Crippen LogP contribution in [0.4, 0.5) is 5.69 Å². The maximum Gasteiger partial charge on any atom is 0.232 e. The minimum absolute atomic E-state index is 0.00355. The van der Waals surface area contributed by atoms with Crippen molar-refractivity contribution in [1.29, 1.82) is 0 Å². The van der Waals surface area contributed by atoms with Crippen LogP contribution in [-0.2, 0) is 10.0 Å². The van der Waals surface area contributed by atoms with Crippen molar-refractivity contribution < 1.29 is 13.5 Å². The molecule has 1 aromatic carbocycles. The molecule has 0 fully saturated rings. The molecule has 0 atom stereocenters. The van der Waals surface area contributed by atoms with Crippen LogP contribution in [0.1, 0.15) is 37.3 Å². The summed E-state index contributed by atoms with van der Waals surface area (Å²) in [6.07, 6.45) is 1.83. The van der Waals surface area contributed by atoms with Crippen LogP contribution < -0.4 is 4.72 Å². The standard InChI is InChI=1S/C15H21NO3S/c1-3-4-11-20(18,19)16-15-12-13(2)8-9-14(15)7-5-6-10-17/h8-9,12,16-17H,3-4,6,10-11H2,1-2H3. The summed E-state index contributed by atoms with van der Waals surface area (Å²) in [4.78, 5) is 0. The molecule has 4 nitrogen and oxygen atoms in total. The lowest BCUT2D eigenvalue weighted by molar-refractivity contribution is 0.305. The molecule has 1 rings (SSSR count). The smallest absolute Gasteiger partial charge is 0.232 e. The lowest BCUT2D eigenvalue weighted by Crippen LogP contribution is -2.17. The highest BCUT2D eigenvalue weighted by molar-refractivity contribution is 7.92. The van der Waals surface area contributed by atoms with E-state index in [4.69, 9.17) is 5.11 Å². The van der Waals surface area contributed by atoms with Gasteiger partial charge in [-0.3, -0.25) is 4.72 Å². The molecular formula is C15H21NO3S. The molecule has 0 bridgehead atoms. The molecule has 110 valence electrons. The van der Waals surface area contributed by atoms with Crippen molar-refractivity contribution in [2.24, 2.45) is 0 Å². The SMILES string of the molecule is CCCCS(=O)(=O)Nc1cc(C)ccc1C#CCCO. The summed E-state index contributed by atoms with van der Waals surface area (Å²) < 4.78 is 26.5. The van der Waals surface area contributed by atoms with Gasteiger partial charge in [0.05, 0.1) is 18.0 Å². The molecule has 0 aliphatic rings. The van der Waals surface area contributed by atoms with Gasteiger partial charge in [-0.25, -0.2) is 8.42 Å². The van der Waals surface area contributed by atoms with Crippen LogP contribution in [0.15, 0.2) is 18.2 Å². The maximum atomic E-state index is 12.0. The largest absolute Gasteiger partial charge is 0.395 e. The van der Waals surface area contributed by atoms with E-state index in [0.29, 0.717) is 24.1 Å². The van der Waals surface area contributed by atoms with Gasteiger partial charge in [-0.15, -0.1) is 0 Å². The summed E-state index contributed by atoms with van der Waals surface area (Å²) in [6, 6.07) is 5.44. The topological polar surface area (TPSA) is 66.4 Å². The van der Waals surface area contributed by atoms with E-state index in [-0.39, 0.29) is 12.4 Å². The average molecular weight is 295 g/mol. The van der Waals surface area contributed by atoms with E-state index in [1.165, 1.54) is 0 Å². The quantitative estimate of drug-likeness (QED) is 0.791. The van der Waals surface area contributed by atoms with Crippen LogP contribution in [0.3, 0.4) is 0 Å². The van der Waals surface area contributed by atoms with Crippen molar-refractivity contribution >= 4 is 15.7 Å². The summed E-state index contributed by atoms with van der Waals surface area (Å²) in [5.74, 6) is 5.80. The summed E-state index contributed by atoms with van der Waals surface area (Å²) >= 11 is 0. The molecule has 0 aliphatic heterocycles. The summed E-state index contributed by atoms with van der Waals surface area (Å²) in [5, 5.41) is 8.73. The second-order valence-electron chi connectivity index (χ2n) is 4.60. The molecule has 0 aliphatic carbocycles. The first-order valence-electron chi connectivity index (χ1n) is 6.69. The number of hydrogen-bond acceptors (Lipinski definition) is 3. The van der Waals surface area contributed by atoms with E-state index in [1.54, 1.807) is 12.1 Å². The number of aliphatic hydroxyl groups excluding tert-OH is 1. The Kier molecular flexibility index (Phi) is 6.56. The van der Waals surface area contributed by atoms with Gasteiger partial charge in [0.15, 0.2) is 0 Å². The van der Waals surface area contributed by atoms with Crippen LogP contribution in [0, 0.1) is 18.8 Å². The van der Waals surface area contributed by atoms with Gasteiger partial charge < -0.3 is 5.11 Å². The van der Waals surface area contributed by atoms with Crippen molar-refractivity contribution in [2.75, 3.05) is 17.1 Å². The van der Waals surface area contributed by atoms with E-state index in [0.717, 1.165) is 12.0 Å². The summed E-state index contributed by atoms with van der Waals surface area (Å²) in [6.45, 7) is 3.85. The molecule has 0 saturated heterocycles. The Morgan fingerprint density at radius 3 is 2.75 bits per heavy atom. The highest BCUT2D eigenvalue weighted by Gasteiger charge is 2.11. The molecule has 0 aromatic heterocycles. The molecule has 0 radical (unpaired) electrons. The lowest BCUT2D eigenvalue weighted by atomic mass is 10.1. The number of nitrogens with one attached hydrogen (secondary N) is 1. The zero-order chi connectivity index (χ0) is 15.0. The number of aliphatic hydroxyl groups is 1. The van der Waals surface area contributed by atoms with Gasteiger partial charge in [-0.05, 0) is 31.0 Å². The van der Waals surface area contributed by atoms with Gasteiger partial charge in [0.1, 0.15) is 0 Å². The molecule has 0 unspecified atom stereocenters. The average Bonchev–Trinajstić information content (AvgIpc) is 2.39. The highest BCUT2D eigenvalue weighted by atomic mass is 32.2. The van der Waals surface area contributed by atoms with Crippen molar-refractivity contribution in [3.05, 3.63) is 29.3 Å². The number of benzene rings is 1. The number of sulfonamides is 1. The van der Waals surface area contributed by atoms with Crippen LogP contribution in [0.2, 0.25) is 0 Å². The molecular weight excluding hydrogens is 274 g/mol. The van der Waals surface area contributed by atoms with E-state index >= 15 is 0 Å². The summed E-state index contributed by atoms with van der Waals surface area (Å²) in [5.41, 5.74) is 2.10. The van der Waals surface area contributed by atoms with Crippen LogP contribution in [0.25, 0.3) is 0 Å². The zero-order valence-electron chi connectivity index (χ0n) is 11.9. The molecule has 0 amide bonds. The van der Waals surface area contributed by atoms with E-state index in [9.17, 15) is 8.42 Å².